The highest BCUT2D eigenvalue weighted by molar-refractivity contribution is 7.93. The fraction of sp³-hybridized carbons (Fsp3) is 0.462. The predicted octanol–water partition coefficient (Wildman–Crippen LogP) is 1.83. The molecule has 1 aromatic carbocycles. The summed E-state index contributed by atoms with van der Waals surface area (Å²) in [4.78, 5) is 0. The molecule has 1 aliphatic rings. The van der Waals surface area contributed by atoms with Gasteiger partial charge in [-0.05, 0) is 61.4 Å². The lowest BCUT2D eigenvalue weighted by Crippen LogP contribution is -2.22. The van der Waals surface area contributed by atoms with Crippen LogP contribution in [0.15, 0.2) is 24.3 Å². The smallest absolute Gasteiger partial charge is 0.235 e. The molecule has 1 heterocycles. The highest BCUT2D eigenvalue weighted by Gasteiger charge is 2.28. The van der Waals surface area contributed by atoms with E-state index in [0.29, 0.717) is 11.7 Å². The Kier molecular flexibility index (Phi) is 3.40. The Morgan fingerprint density at radius 3 is 2.48 bits per heavy atom. The molecule has 0 aliphatic heterocycles. The number of benzene rings is 1. The molecular formula is C13H17N5O2S. The van der Waals surface area contributed by atoms with E-state index in [1.807, 2.05) is 16.8 Å². The molecule has 0 unspecified atom stereocenters. The summed E-state index contributed by atoms with van der Waals surface area (Å²) in [6.45, 7) is 3.28. The Balaban J connectivity index is 1.82. The van der Waals surface area contributed by atoms with Crippen molar-refractivity contribution in [2.24, 2.45) is 0 Å². The maximum absolute atomic E-state index is 11.8. The molecule has 1 aromatic heterocycles. The maximum atomic E-state index is 11.8. The third-order valence-corrected chi connectivity index (χ3v) is 5.17. The van der Waals surface area contributed by atoms with Crippen molar-refractivity contribution in [2.75, 3.05) is 4.72 Å². The van der Waals surface area contributed by atoms with Crippen LogP contribution < -0.4 is 4.72 Å². The van der Waals surface area contributed by atoms with Crippen LogP contribution in [0, 0.1) is 0 Å². The Morgan fingerprint density at radius 2 is 1.90 bits per heavy atom. The van der Waals surface area contributed by atoms with Crippen LogP contribution in [0.1, 0.15) is 32.7 Å². The van der Waals surface area contributed by atoms with E-state index in [2.05, 4.69) is 20.2 Å². The van der Waals surface area contributed by atoms with Gasteiger partial charge in [0.15, 0.2) is 5.82 Å². The molecule has 2 aromatic rings. The zero-order valence-electron chi connectivity index (χ0n) is 11.9. The second-order valence-corrected chi connectivity index (χ2v) is 7.69. The van der Waals surface area contributed by atoms with E-state index < -0.39 is 15.3 Å². The van der Waals surface area contributed by atoms with Crippen LogP contribution in [0.5, 0.6) is 0 Å². The van der Waals surface area contributed by atoms with Crippen LogP contribution in [0.25, 0.3) is 11.4 Å². The summed E-state index contributed by atoms with van der Waals surface area (Å²) < 4.78 is 28.0. The number of rotatable bonds is 5. The lowest BCUT2D eigenvalue weighted by atomic mass is 10.2. The molecule has 0 spiro atoms. The summed E-state index contributed by atoms with van der Waals surface area (Å²) in [5, 5.41) is 11.3. The molecule has 0 saturated heterocycles. The van der Waals surface area contributed by atoms with Gasteiger partial charge in [0.1, 0.15) is 0 Å². The monoisotopic (exact) mass is 307 g/mol. The van der Waals surface area contributed by atoms with E-state index in [0.717, 1.165) is 24.2 Å². The Bertz CT molecular complexity index is 732. The summed E-state index contributed by atoms with van der Waals surface area (Å²) in [5.74, 6) is 0.718. The highest BCUT2D eigenvalue weighted by Crippen LogP contribution is 2.36. The molecular weight excluding hydrogens is 290 g/mol. The van der Waals surface area contributed by atoms with Crippen LogP contribution in [-0.2, 0) is 10.0 Å². The van der Waals surface area contributed by atoms with Gasteiger partial charge in [0, 0.05) is 11.3 Å². The first-order valence-electron chi connectivity index (χ1n) is 6.87. The molecule has 7 nitrogen and oxygen atoms in total. The number of nitrogens with one attached hydrogen (secondary N) is 1. The van der Waals surface area contributed by atoms with Crippen molar-refractivity contribution < 1.29 is 8.42 Å². The zero-order valence-corrected chi connectivity index (χ0v) is 12.7. The van der Waals surface area contributed by atoms with E-state index in [1.165, 1.54) is 0 Å². The van der Waals surface area contributed by atoms with Crippen molar-refractivity contribution in [3.05, 3.63) is 24.3 Å². The molecule has 0 amide bonds. The van der Waals surface area contributed by atoms with Crippen molar-refractivity contribution in [3.63, 3.8) is 0 Å². The number of hydrogen-bond acceptors (Lipinski definition) is 5. The normalized spacial score (nSPS) is 15.4. The van der Waals surface area contributed by atoms with E-state index in [4.69, 9.17) is 0 Å². The molecule has 3 rings (SSSR count). The first-order chi connectivity index (χ1) is 9.97. The van der Waals surface area contributed by atoms with Gasteiger partial charge in [-0.25, -0.2) is 13.1 Å². The van der Waals surface area contributed by atoms with Gasteiger partial charge in [0.25, 0.3) is 0 Å². The summed E-state index contributed by atoms with van der Waals surface area (Å²) in [6.07, 6.45) is 2.20. The Labute approximate surface area is 123 Å². The third kappa shape index (κ3) is 2.90. The zero-order chi connectivity index (χ0) is 15.0. The Hall–Kier alpha value is -1.96. The Morgan fingerprint density at radius 1 is 1.24 bits per heavy atom. The van der Waals surface area contributed by atoms with Crippen molar-refractivity contribution in [1.29, 1.82) is 0 Å². The van der Waals surface area contributed by atoms with Gasteiger partial charge in [-0.2, -0.15) is 0 Å². The fourth-order valence-electron chi connectivity index (χ4n) is 1.92. The maximum Gasteiger partial charge on any atom is 0.235 e. The summed E-state index contributed by atoms with van der Waals surface area (Å²) >= 11 is 0. The second kappa shape index (κ2) is 5.10. The van der Waals surface area contributed by atoms with Crippen LogP contribution in [-0.4, -0.2) is 33.9 Å². The number of hydrogen-bond donors (Lipinski definition) is 1. The average molecular weight is 307 g/mol. The third-order valence-electron chi connectivity index (χ3n) is 3.41. The van der Waals surface area contributed by atoms with Crippen LogP contribution in [0.3, 0.4) is 0 Å². The molecule has 1 aliphatic carbocycles. The summed E-state index contributed by atoms with van der Waals surface area (Å²) in [5.41, 5.74) is 1.41. The molecule has 8 heteroatoms. The topological polar surface area (TPSA) is 89.8 Å². The van der Waals surface area contributed by atoms with Crippen LogP contribution in [0.4, 0.5) is 5.69 Å². The largest absolute Gasteiger partial charge is 0.283 e. The van der Waals surface area contributed by atoms with Gasteiger partial charge >= 0.3 is 0 Å². The molecule has 1 N–H and O–H groups in total. The lowest BCUT2D eigenvalue weighted by molar-refractivity contribution is 0.593. The molecule has 21 heavy (non-hydrogen) atoms. The van der Waals surface area contributed by atoms with Crippen molar-refractivity contribution in [1.82, 2.24) is 20.2 Å². The second-order valence-electron chi connectivity index (χ2n) is 5.45. The fourth-order valence-corrected chi connectivity index (χ4v) is 2.62. The van der Waals surface area contributed by atoms with Crippen molar-refractivity contribution in [3.8, 4) is 11.4 Å². The van der Waals surface area contributed by atoms with E-state index in [9.17, 15) is 8.42 Å². The minimum absolute atomic E-state index is 0.397. The number of tetrazole rings is 1. The van der Waals surface area contributed by atoms with Gasteiger partial charge in [-0.1, -0.05) is 0 Å². The minimum Gasteiger partial charge on any atom is -0.283 e. The van der Waals surface area contributed by atoms with Crippen LogP contribution >= 0.6 is 0 Å². The first kappa shape index (κ1) is 14.0. The number of sulfonamides is 1. The van der Waals surface area contributed by atoms with Crippen molar-refractivity contribution in [2.45, 2.75) is 38.0 Å². The SMILES string of the molecule is CC(C)S(=O)(=O)Nc1ccc(-c2nnnn2C2CC2)cc1. The van der Waals surface area contributed by atoms with E-state index >= 15 is 0 Å². The van der Waals surface area contributed by atoms with Gasteiger partial charge in [-0.15, -0.1) is 5.10 Å². The first-order valence-corrected chi connectivity index (χ1v) is 8.42. The highest BCUT2D eigenvalue weighted by atomic mass is 32.2. The number of anilines is 1. The quantitative estimate of drug-likeness (QED) is 0.910. The van der Waals surface area contributed by atoms with Crippen molar-refractivity contribution >= 4 is 15.7 Å². The molecule has 0 radical (unpaired) electrons. The molecule has 0 bridgehead atoms. The van der Waals surface area contributed by atoms with E-state index in [-0.39, 0.29) is 0 Å². The van der Waals surface area contributed by atoms with Gasteiger partial charge in [0.05, 0.1) is 11.3 Å². The van der Waals surface area contributed by atoms with Gasteiger partial charge in [0.2, 0.25) is 10.0 Å². The van der Waals surface area contributed by atoms with Gasteiger partial charge in [-0.3, -0.25) is 4.72 Å². The lowest BCUT2D eigenvalue weighted by Gasteiger charge is -2.11. The molecule has 0 atom stereocenters. The number of aromatic nitrogens is 4. The standard InChI is InChI=1S/C13H17N5O2S/c1-9(2)21(19,20)15-11-5-3-10(4-6-11)13-14-16-17-18(13)12-7-8-12/h3-6,9,12,15H,7-8H2,1-2H3. The summed E-state index contributed by atoms with van der Waals surface area (Å²) in [7, 11) is -3.33. The number of nitrogens with zero attached hydrogens (tertiary/aromatic N) is 4. The van der Waals surface area contributed by atoms with Crippen LogP contribution in [0.2, 0.25) is 0 Å². The summed E-state index contributed by atoms with van der Waals surface area (Å²) in [6, 6.07) is 7.49. The van der Waals surface area contributed by atoms with Gasteiger partial charge < -0.3 is 0 Å². The molecule has 1 fully saturated rings. The molecule has 1 saturated carbocycles. The predicted molar refractivity (Wildman–Crippen MR) is 79.2 cm³/mol. The average Bonchev–Trinajstić information content (AvgIpc) is 3.17. The minimum atomic E-state index is -3.33. The van der Waals surface area contributed by atoms with E-state index in [1.54, 1.807) is 26.0 Å². The molecule has 112 valence electrons.